The fraction of sp³-hybridized carbons (Fsp3) is 0.125. The van der Waals surface area contributed by atoms with Gasteiger partial charge in [-0.2, -0.15) is 0 Å². The largest absolute Gasteiger partial charge is 0.410 e. The molecule has 0 aliphatic heterocycles. The molecule has 64 valence electrons. The van der Waals surface area contributed by atoms with Gasteiger partial charge in [0.25, 0.3) is 0 Å². The van der Waals surface area contributed by atoms with Gasteiger partial charge in [0.1, 0.15) is 0 Å². The van der Waals surface area contributed by atoms with Crippen molar-refractivity contribution in [2.75, 3.05) is 0 Å². The van der Waals surface area contributed by atoms with Crippen LogP contribution >= 0.6 is 27.5 Å². The number of oxime groups is 1. The minimum atomic E-state index is 0.108. The lowest BCUT2D eigenvalue weighted by molar-refractivity contribution is 0.321. The monoisotopic (exact) mass is 247 g/mol. The van der Waals surface area contributed by atoms with E-state index >= 15 is 0 Å². The predicted octanol–water partition coefficient (Wildman–Crippen LogP) is 2.96. The number of halogens is 2. The standard InChI is InChI=1S/C8H7BrClNO/c9-5-6-1-3-7(4-2-6)8(10)11-12/h1-4,12H,5H2. The Morgan fingerprint density at radius 3 is 2.42 bits per heavy atom. The Morgan fingerprint density at radius 1 is 1.42 bits per heavy atom. The van der Waals surface area contributed by atoms with Gasteiger partial charge in [0.15, 0.2) is 5.17 Å². The molecule has 0 heterocycles. The van der Waals surface area contributed by atoms with Crippen molar-refractivity contribution in [1.29, 1.82) is 0 Å². The molecule has 0 saturated heterocycles. The van der Waals surface area contributed by atoms with Crippen LogP contribution in [0, 0.1) is 0 Å². The van der Waals surface area contributed by atoms with Gasteiger partial charge >= 0.3 is 0 Å². The van der Waals surface area contributed by atoms with Gasteiger partial charge in [0, 0.05) is 10.9 Å². The Bertz CT molecular complexity index is 284. The number of alkyl halides is 1. The summed E-state index contributed by atoms with van der Waals surface area (Å²) >= 11 is 8.90. The molecule has 0 bridgehead atoms. The lowest BCUT2D eigenvalue weighted by Gasteiger charge is -1.97. The van der Waals surface area contributed by atoms with Crippen LogP contribution in [0.15, 0.2) is 29.4 Å². The van der Waals surface area contributed by atoms with Gasteiger partial charge in [-0.1, -0.05) is 57.0 Å². The van der Waals surface area contributed by atoms with Gasteiger partial charge < -0.3 is 5.21 Å². The van der Waals surface area contributed by atoms with E-state index in [0.717, 1.165) is 10.9 Å². The first-order valence-corrected chi connectivity index (χ1v) is 4.80. The van der Waals surface area contributed by atoms with Crippen molar-refractivity contribution in [3.8, 4) is 0 Å². The molecule has 0 aliphatic rings. The Labute approximate surface area is 84.0 Å². The zero-order valence-electron chi connectivity index (χ0n) is 6.17. The number of hydrogen-bond acceptors (Lipinski definition) is 2. The van der Waals surface area contributed by atoms with Crippen molar-refractivity contribution < 1.29 is 5.21 Å². The third-order valence-electron chi connectivity index (χ3n) is 1.43. The summed E-state index contributed by atoms with van der Waals surface area (Å²) in [6, 6.07) is 7.44. The van der Waals surface area contributed by atoms with Gasteiger partial charge in [0.05, 0.1) is 0 Å². The summed E-state index contributed by atoms with van der Waals surface area (Å²) in [6.45, 7) is 0. The molecule has 0 aromatic heterocycles. The summed E-state index contributed by atoms with van der Waals surface area (Å²) in [5.74, 6) is 0. The molecule has 0 spiro atoms. The SMILES string of the molecule is ON=C(Cl)c1ccc(CBr)cc1. The molecule has 1 aromatic carbocycles. The average Bonchev–Trinajstić information content (AvgIpc) is 2.17. The van der Waals surface area contributed by atoms with Gasteiger partial charge in [-0.3, -0.25) is 0 Å². The van der Waals surface area contributed by atoms with Crippen LogP contribution in [-0.4, -0.2) is 10.4 Å². The number of benzene rings is 1. The Balaban J connectivity index is 2.92. The topological polar surface area (TPSA) is 32.6 Å². The van der Waals surface area contributed by atoms with Crippen LogP contribution in [0.25, 0.3) is 0 Å². The second-order valence-electron chi connectivity index (χ2n) is 2.22. The van der Waals surface area contributed by atoms with Gasteiger partial charge in [-0.25, -0.2) is 0 Å². The normalized spacial score (nSPS) is 11.7. The molecule has 0 unspecified atom stereocenters. The predicted molar refractivity (Wildman–Crippen MR) is 53.2 cm³/mol. The van der Waals surface area contributed by atoms with E-state index in [0.29, 0.717) is 5.56 Å². The van der Waals surface area contributed by atoms with Crippen molar-refractivity contribution in [3.63, 3.8) is 0 Å². The molecule has 0 radical (unpaired) electrons. The van der Waals surface area contributed by atoms with Crippen molar-refractivity contribution in [3.05, 3.63) is 35.4 Å². The maximum Gasteiger partial charge on any atom is 0.175 e. The van der Waals surface area contributed by atoms with Crippen LogP contribution in [-0.2, 0) is 5.33 Å². The van der Waals surface area contributed by atoms with E-state index < -0.39 is 0 Å². The molecule has 12 heavy (non-hydrogen) atoms. The average molecular weight is 249 g/mol. The molecule has 0 saturated carbocycles. The zero-order chi connectivity index (χ0) is 8.97. The second-order valence-corrected chi connectivity index (χ2v) is 3.14. The minimum Gasteiger partial charge on any atom is -0.410 e. The maximum atomic E-state index is 8.36. The number of hydrogen-bond donors (Lipinski definition) is 1. The van der Waals surface area contributed by atoms with Crippen molar-refractivity contribution in [2.45, 2.75) is 5.33 Å². The highest BCUT2D eigenvalue weighted by atomic mass is 79.9. The molecule has 1 rings (SSSR count). The quantitative estimate of drug-likeness (QED) is 0.371. The van der Waals surface area contributed by atoms with Crippen LogP contribution in [0.5, 0.6) is 0 Å². The van der Waals surface area contributed by atoms with Crippen molar-refractivity contribution in [1.82, 2.24) is 0 Å². The highest BCUT2D eigenvalue weighted by Gasteiger charge is 1.98. The molecular weight excluding hydrogens is 241 g/mol. The van der Waals surface area contributed by atoms with E-state index in [-0.39, 0.29) is 5.17 Å². The molecule has 1 N–H and O–H groups in total. The van der Waals surface area contributed by atoms with Crippen LogP contribution in [0.1, 0.15) is 11.1 Å². The first kappa shape index (κ1) is 9.55. The summed E-state index contributed by atoms with van der Waals surface area (Å²) in [5.41, 5.74) is 1.87. The van der Waals surface area contributed by atoms with Crippen LogP contribution in [0.4, 0.5) is 0 Å². The molecule has 0 atom stereocenters. The van der Waals surface area contributed by atoms with E-state index in [4.69, 9.17) is 16.8 Å². The highest BCUT2D eigenvalue weighted by molar-refractivity contribution is 9.08. The van der Waals surface area contributed by atoms with E-state index in [1.165, 1.54) is 0 Å². The summed E-state index contributed by atoms with van der Waals surface area (Å²) in [5, 5.41) is 12.2. The van der Waals surface area contributed by atoms with E-state index in [1.54, 1.807) is 12.1 Å². The lowest BCUT2D eigenvalue weighted by atomic mass is 10.2. The fourth-order valence-electron chi connectivity index (χ4n) is 0.789. The third kappa shape index (κ3) is 2.22. The third-order valence-corrected chi connectivity index (χ3v) is 2.38. The molecule has 0 amide bonds. The second kappa shape index (κ2) is 4.48. The van der Waals surface area contributed by atoms with Crippen LogP contribution in [0.3, 0.4) is 0 Å². The first-order valence-electron chi connectivity index (χ1n) is 3.30. The molecule has 0 fully saturated rings. The molecule has 1 aromatic rings. The smallest absolute Gasteiger partial charge is 0.175 e. The van der Waals surface area contributed by atoms with E-state index in [2.05, 4.69) is 21.1 Å². The summed E-state index contributed by atoms with van der Waals surface area (Å²) in [7, 11) is 0. The highest BCUT2D eigenvalue weighted by Crippen LogP contribution is 2.10. The molecular formula is C8H7BrClNO. The fourth-order valence-corrected chi connectivity index (χ4v) is 1.29. The maximum absolute atomic E-state index is 8.36. The molecule has 4 heteroatoms. The minimum absolute atomic E-state index is 0.108. The lowest BCUT2D eigenvalue weighted by Crippen LogP contribution is -1.90. The summed E-state index contributed by atoms with van der Waals surface area (Å²) in [4.78, 5) is 0. The molecule has 2 nitrogen and oxygen atoms in total. The van der Waals surface area contributed by atoms with Gasteiger partial charge in [0.2, 0.25) is 0 Å². The van der Waals surface area contributed by atoms with Crippen LogP contribution < -0.4 is 0 Å². The zero-order valence-corrected chi connectivity index (χ0v) is 8.51. The first-order chi connectivity index (χ1) is 5.77. The van der Waals surface area contributed by atoms with Crippen LogP contribution in [0.2, 0.25) is 0 Å². The number of nitrogens with zero attached hydrogens (tertiary/aromatic N) is 1. The summed E-state index contributed by atoms with van der Waals surface area (Å²) < 4.78 is 0. The number of rotatable bonds is 2. The summed E-state index contributed by atoms with van der Waals surface area (Å²) in [6.07, 6.45) is 0. The Hall–Kier alpha value is -0.540. The van der Waals surface area contributed by atoms with Crippen molar-refractivity contribution in [2.24, 2.45) is 5.16 Å². The van der Waals surface area contributed by atoms with E-state index in [1.807, 2.05) is 12.1 Å². The Morgan fingerprint density at radius 2 is 2.00 bits per heavy atom. The van der Waals surface area contributed by atoms with E-state index in [9.17, 15) is 0 Å². The molecule has 0 aliphatic carbocycles. The van der Waals surface area contributed by atoms with Crippen molar-refractivity contribution >= 4 is 32.7 Å². The van der Waals surface area contributed by atoms with Gasteiger partial charge in [-0.15, -0.1) is 0 Å². The Kier molecular flexibility index (Phi) is 3.56. The van der Waals surface area contributed by atoms with Gasteiger partial charge in [-0.05, 0) is 5.56 Å².